The van der Waals surface area contributed by atoms with Gasteiger partial charge in [0.15, 0.2) is 0 Å². The molecule has 1 aliphatic rings. The van der Waals surface area contributed by atoms with E-state index in [-0.39, 0.29) is 6.54 Å². The highest BCUT2D eigenvalue weighted by atomic mass is 19.4. The van der Waals surface area contributed by atoms with E-state index < -0.39 is 30.8 Å². The number of nitrogens with one attached hydrogen (secondary N) is 2. The van der Waals surface area contributed by atoms with Crippen molar-refractivity contribution in [1.29, 1.82) is 0 Å². The van der Waals surface area contributed by atoms with Crippen molar-refractivity contribution in [2.45, 2.75) is 44.4 Å². The molecule has 1 aliphatic carbocycles. The second kappa shape index (κ2) is 6.56. The molecule has 0 aromatic heterocycles. The second-order valence-electron chi connectivity index (χ2n) is 5.40. The fourth-order valence-electron chi connectivity index (χ4n) is 2.12. The molecule has 0 unspecified atom stereocenters. The van der Waals surface area contributed by atoms with Crippen LogP contribution in [0.2, 0.25) is 0 Å². The van der Waals surface area contributed by atoms with Gasteiger partial charge in [0.25, 0.3) is 0 Å². The van der Waals surface area contributed by atoms with E-state index in [0.29, 0.717) is 18.8 Å². The zero-order chi connectivity index (χ0) is 14.5. The molecular weight excluding hydrogens is 261 g/mol. The van der Waals surface area contributed by atoms with E-state index >= 15 is 0 Å². The van der Waals surface area contributed by atoms with Crippen molar-refractivity contribution in [3.05, 3.63) is 0 Å². The first-order valence-electron chi connectivity index (χ1n) is 6.47. The third kappa shape index (κ3) is 6.77. The minimum absolute atomic E-state index is 0.103. The van der Waals surface area contributed by atoms with Gasteiger partial charge in [-0.25, -0.2) is 0 Å². The van der Waals surface area contributed by atoms with Crippen molar-refractivity contribution in [3.63, 3.8) is 0 Å². The molecule has 19 heavy (non-hydrogen) atoms. The summed E-state index contributed by atoms with van der Waals surface area (Å²) < 4.78 is 35.5. The van der Waals surface area contributed by atoms with Crippen molar-refractivity contribution in [2.24, 2.45) is 5.92 Å². The van der Waals surface area contributed by atoms with E-state index in [4.69, 9.17) is 0 Å². The Hall–Kier alpha value is -0.820. The lowest BCUT2D eigenvalue weighted by Crippen LogP contribution is -2.47. The molecule has 7 heteroatoms. The predicted molar refractivity (Wildman–Crippen MR) is 64.5 cm³/mol. The molecule has 0 aliphatic heterocycles. The first kappa shape index (κ1) is 16.2. The molecule has 0 radical (unpaired) electrons. The number of hydrogen-bond donors (Lipinski definition) is 3. The van der Waals surface area contributed by atoms with Crippen molar-refractivity contribution in [1.82, 2.24) is 10.6 Å². The Kier molecular flexibility index (Phi) is 5.61. The van der Waals surface area contributed by atoms with E-state index in [2.05, 4.69) is 12.2 Å². The fourth-order valence-corrected chi connectivity index (χ4v) is 2.12. The van der Waals surface area contributed by atoms with Gasteiger partial charge in [-0.05, 0) is 31.6 Å². The summed E-state index contributed by atoms with van der Waals surface area (Å²) in [6, 6.07) is 0. The Morgan fingerprint density at radius 1 is 1.37 bits per heavy atom. The average molecular weight is 282 g/mol. The summed E-state index contributed by atoms with van der Waals surface area (Å²) >= 11 is 0. The smallest absolute Gasteiger partial charge is 0.388 e. The lowest BCUT2D eigenvalue weighted by atomic mass is 9.79. The van der Waals surface area contributed by atoms with Crippen molar-refractivity contribution in [2.75, 3.05) is 19.6 Å². The van der Waals surface area contributed by atoms with Crippen LogP contribution in [-0.2, 0) is 4.79 Å². The first-order valence-corrected chi connectivity index (χ1v) is 6.47. The molecule has 1 amide bonds. The van der Waals surface area contributed by atoms with Gasteiger partial charge in [0.1, 0.15) is 0 Å². The summed E-state index contributed by atoms with van der Waals surface area (Å²) in [5, 5.41) is 14.7. The van der Waals surface area contributed by atoms with Gasteiger partial charge in [-0.1, -0.05) is 6.92 Å². The van der Waals surface area contributed by atoms with Crippen LogP contribution < -0.4 is 10.6 Å². The van der Waals surface area contributed by atoms with Crippen LogP contribution in [0, 0.1) is 5.92 Å². The number of rotatable bonds is 5. The quantitative estimate of drug-likeness (QED) is 0.710. The number of amides is 1. The van der Waals surface area contributed by atoms with Gasteiger partial charge in [0, 0.05) is 6.54 Å². The van der Waals surface area contributed by atoms with Gasteiger partial charge < -0.3 is 15.7 Å². The summed E-state index contributed by atoms with van der Waals surface area (Å²) in [5.41, 5.74) is -0.911. The highest BCUT2D eigenvalue weighted by Gasteiger charge is 2.32. The van der Waals surface area contributed by atoms with Crippen LogP contribution in [0.1, 0.15) is 32.6 Å². The molecule has 0 heterocycles. The number of carbonyl (C=O) groups is 1. The van der Waals surface area contributed by atoms with Crippen molar-refractivity contribution < 1.29 is 23.1 Å². The van der Waals surface area contributed by atoms with Gasteiger partial charge in [-0.15, -0.1) is 0 Å². The van der Waals surface area contributed by atoms with Crippen molar-refractivity contribution >= 4 is 5.91 Å². The molecule has 0 aromatic rings. The molecule has 1 rings (SSSR count). The van der Waals surface area contributed by atoms with E-state index in [0.717, 1.165) is 12.8 Å². The lowest BCUT2D eigenvalue weighted by molar-refractivity contribution is -0.129. The number of hydrogen-bond acceptors (Lipinski definition) is 3. The van der Waals surface area contributed by atoms with E-state index in [1.165, 1.54) is 0 Å². The number of carbonyl (C=O) groups excluding carboxylic acids is 1. The minimum atomic E-state index is -4.32. The molecule has 4 nitrogen and oxygen atoms in total. The monoisotopic (exact) mass is 282 g/mol. The Morgan fingerprint density at radius 2 is 1.95 bits per heavy atom. The highest BCUT2D eigenvalue weighted by molar-refractivity contribution is 5.78. The Morgan fingerprint density at radius 3 is 2.47 bits per heavy atom. The van der Waals surface area contributed by atoms with Crippen LogP contribution in [0.25, 0.3) is 0 Å². The summed E-state index contributed by atoms with van der Waals surface area (Å²) in [7, 11) is 0. The summed E-state index contributed by atoms with van der Waals surface area (Å²) in [4.78, 5) is 11.3. The number of alkyl halides is 3. The van der Waals surface area contributed by atoms with Gasteiger partial charge >= 0.3 is 6.18 Å². The second-order valence-corrected chi connectivity index (χ2v) is 5.40. The standard InChI is InChI=1S/C12H21F3N2O2/c1-9-2-4-11(19,5-3-9)7-17-10(18)6-16-8-12(13,14)15/h9,16,19H,2-8H2,1H3,(H,17,18). The maximum atomic E-state index is 11.8. The SMILES string of the molecule is CC1CCC(O)(CNC(=O)CNCC(F)(F)F)CC1. The van der Waals surface area contributed by atoms with Crippen LogP contribution in [0.3, 0.4) is 0 Å². The molecule has 0 saturated heterocycles. The molecule has 0 aromatic carbocycles. The van der Waals surface area contributed by atoms with Gasteiger partial charge in [-0.3, -0.25) is 4.79 Å². The molecule has 0 spiro atoms. The topological polar surface area (TPSA) is 61.4 Å². The van der Waals surface area contributed by atoms with Crippen LogP contribution in [0.15, 0.2) is 0 Å². The summed E-state index contributed by atoms with van der Waals surface area (Å²) in [6.45, 7) is 0.625. The molecule has 1 fully saturated rings. The average Bonchev–Trinajstić information content (AvgIpc) is 2.29. The van der Waals surface area contributed by atoms with Gasteiger partial charge in [0.05, 0.1) is 18.7 Å². The molecule has 3 N–H and O–H groups in total. The molecule has 1 saturated carbocycles. The highest BCUT2D eigenvalue weighted by Crippen LogP contribution is 2.31. The lowest BCUT2D eigenvalue weighted by Gasteiger charge is -2.34. The first-order chi connectivity index (χ1) is 8.70. The van der Waals surface area contributed by atoms with Crippen LogP contribution in [-0.4, -0.2) is 42.4 Å². The van der Waals surface area contributed by atoms with Crippen LogP contribution >= 0.6 is 0 Å². The number of halogens is 3. The van der Waals surface area contributed by atoms with Crippen LogP contribution in [0.5, 0.6) is 0 Å². The molecule has 0 bridgehead atoms. The van der Waals surface area contributed by atoms with Gasteiger partial charge in [-0.2, -0.15) is 13.2 Å². The Bertz CT molecular complexity index is 300. The molecular formula is C12H21F3N2O2. The third-order valence-electron chi connectivity index (χ3n) is 3.43. The normalized spacial score (nSPS) is 28.2. The third-order valence-corrected chi connectivity index (χ3v) is 3.43. The fraction of sp³-hybridized carbons (Fsp3) is 0.917. The van der Waals surface area contributed by atoms with E-state index in [1.807, 2.05) is 5.32 Å². The van der Waals surface area contributed by atoms with Gasteiger partial charge in [0.2, 0.25) is 5.91 Å². The van der Waals surface area contributed by atoms with E-state index in [9.17, 15) is 23.1 Å². The Labute approximate surface area is 110 Å². The molecule has 112 valence electrons. The largest absolute Gasteiger partial charge is 0.401 e. The van der Waals surface area contributed by atoms with Crippen molar-refractivity contribution in [3.8, 4) is 0 Å². The summed E-state index contributed by atoms with van der Waals surface area (Å²) in [6.07, 6.45) is -1.29. The molecule has 0 atom stereocenters. The van der Waals surface area contributed by atoms with E-state index in [1.54, 1.807) is 0 Å². The zero-order valence-electron chi connectivity index (χ0n) is 11.0. The maximum Gasteiger partial charge on any atom is 0.401 e. The zero-order valence-corrected chi connectivity index (χ0v) is 11.0. The predicted octanol–water partition coefficient (Wildman–Crippen LogP) is 1.20. The number of aliphatic hydroxyl groups is 1. The maximum absolute atomic E-state index is 11.8. The minimum Gasteiger partial charge on any atom is -0.388 e. The Balaban J connectivity index is 2.19. The van der Waals surface area contributed by atoms with Crippen LogP contribution in [0.4, 0.5) is 13.2 Å². The summed E-state index contributed by atoms with van der Waals surface area (Å²) in [5.74, 6) is 0.0423.